The maximum Gasteiger partial charge on any atom is 0.226 e. The Morgan fingerprint density at radius 2 is 2.22 bits per heavy atom. The van der Waals surface area contributed by atoms with E-state index in [4.69, 9.17) is 5.26 Å². The SMILES string of the molecule is N#CC(NC(=O)Cc1cccs1)c1ccncc1. The van der Waals surface area contributed by atoms with Crippen molar-refractivity contribution in [2.45, 2.75) is 12.5 Å². The van der Waals surface area contributed by atoms with Crippen LogP contribution in [0.2, 0.25) is 0 Å². The van der Waals surface area contributed by atoms with E-state index in [1.165, 1.54) is 11.3 Å². The predicted octanol–water partition coefficient (Wildman–Crippen LogP) is 2.07. The van der Waals surface area contributed by atoms with Crippen LogP contribution in [0.4, 0.5) is 0 Å². The van der Waals surface area contributed by atoms with Gasteiger partial charge in [0.25, 0.3) is 0 Å². The van der Waals surface area contributed by atoms with Crippen molar-refractivity contribution in [3.05, 3.63) is 52.5 Å². The van der Waals surface area contributed by atoms with Crippen LogP contribution in [0.25, 0.3) is 0 Å². The molecule has 2 aromatic heterocycles. The first-order valence-electron chi connectivity index (χ1n) is 5.41. The van der Waals surface area contributed by atoms with Gasteiger partial charge >= 0.3 is 0 Å². The molecule has 0 saturated heterocycles. The highest BCUT2D eigenvalue weighted by atomic mass is 32.1. The van der Waals surface area contributed by atoms with Gasteiger partial charge in [-0.3, -0.25) is 9.78 Å². The van der Waals surface area contributed by atoms with Crippen LogP contribution in [0.1, 0.15) is 16.5 Å². The summed E-state index contributed by atoms with van der Waals surface area (Å²) >= 11 is 1.53. The number of rotatable bonds is 4. The van der Waals surface area contributed by atoms with Crippen LogP contribution in [0.5, 0.6) is 0 Å². The van der Waals surface area contributed by atoms with Gasteiger partial charge in [-0.05, 0) is 29.1 Å². The van der Waals surface area contributed by atoms with Crippen molar-refractivity contribution in [1.82, 2.24) is 10.3 Å². The van der Waals surface area contributed by atoms with Crippen molar-refractivity contribution in [3.63, 3.8) is 0 Å². The molecule has 5 heteroatoms. The molecule has 90 valence electrons. The standard InChI is InChI=1S/C13H11N3OS/c14-9-12(10-3-5-15-6-4-10)16-13(17)8-11-2-1-7-18-11/h1-7,12H,8H2,(H,16,17). The number of hydrogen-bond donors (Lipinski definition) is 1. The molecule has 0 aliphatic rings. The van der Waals surface area contributed by atoms with Gasteiger partial charge in [0, 0.05) is 17.3 Å². The molecule has 0 spiro atoms. The van der Waals surface area contributed by atoms with Crippen LogP contribution in [-0.2, 0) is 11.2 Å². The molecule has 1 unspecified atom stereocenters. The van der Waals surface area contributed by atoms with Gasteiger partial charge in [0.15, 0.2) is 0 Å². The smallest absolute Gasteiger partial charge is 0.226 e. The first-order valence-corrected chi connectivity index (χ1v) is 6.29. The summed E-state index contributed by atoms with van der Waals surface area (Å²) in [5.74, 6) is -0.152. The lowest BCUT2D eigenvalue weighted by atomic mass is 10.1. The van der Waals surface area contributed by atoms with E-state index in [9.17, 15) is 4.79 Å². The Balaban J connectivity index is 1.99. The quantitative estimate of drug-likeness (QED) is 0.911. The first-order chi connectivity index (χ1) is 8.79. The maximum absolute atomic E-state index is 11.8. The summed E-state index contributed by atoms with van der Waals surface area (Å²) in [6.45, 7) is 0. The van der Waals surface area contributed by atoms with E-state index < -0.39 is 6.04 Å². The van der Waals surface area contributed by atoms with Gasteiger partial charge in [0.1, 0.15) is 6.04 Å². The van der Waals surface area contributed by atoms with Crippen LogP contribution < -0.4 is 5.32 Å². The fourth-order valence-corrected chi connectivity index (χ4v) is 2.23. The summed E-state index contributed by atoms with van der Waals surface area (Å²) in [6, 6.07) is 8.69. The van der Waals surface area contributed by atoms with Gasteiger partial charge in [-0.2, -0.15) is 5.26 Å². The van der Waals surface area contributed by atoms with Gasteiger partial charge in [-0.15, -0.1) is 11.3 Å². The summed E-state index contributed by atoms with van der Waals surface area (Å²) in [4.78, 5) is 16.6. The van der Waals surface area contributed by atoms with Gasteiger partial charge in [0.05, 0.1) is 12.5 Å². The highest BCUT2D eigenvalue weighted by molar-refractivity contribution is 7.10. The minimum Gasteiger partial charge on any atom is -0.336 e. The van der Waals surface area contributed by atoms with E-state index in [0.717, 1.165) is 10.4 Å². The topological polar surface area (TPSA) is 65.8 Å². The van der Waals surface area contributed by atoms with Gasteiger partial charge < -0.3 is 5.32 Å². The van der Waals surface area contributed by atoms with Crippen molar-refractivity contribution < 1.29 is 4.79 Å². The Labute approximate surface area is 109 Å². The molecule has 0 aliphatic carbocycles. The summed E-state index contributed by atoms with van der Waals surface area (Å²) in [5, 5.41) is 13.7. The molecule has 4 nitrogen and oxygen atoms in total. The molecule has 0 aromatic carbocycles. The molecule has 2 aromatic rings. The maximum atomic E-state index is 11.8. The number of nitriles is 1. The summed E-state index contributed by atoms with van der Waals surface area (Å²) in [5.41, 5.74) is 0.743. The fourth-order valence-electron chi connectivity index (χ4n) is 1.53. The lowest BCUT2D eigenvalue weighted by molar-refractivity contribution is -0.120. The molecule has 0 fully saturated rings. The molecule has 0 saturated carbocycles. The van der Waals surface area contributed by atoms with Gasteiger partial charge in [-0.25, -0.2) is 0 Å². The molecule has 0 aliphatic heterocycles. The second-order valence-electron chi connectivity index (χ2n) is 3.67. The Morgan fingerprint density at radius 1 is 1.44 bits per heavy atom. The Morgan fingerprint density at radius 3 is 2.83 bits per heavy atom. The summed E-state index contributed by atoms with van der Waals surface area (Å²) in [7, 11) is 0. The Hall–Kier alpha value is -2.19. The first kappa shape index (κ1) is 12.3. The summed E-state index contributed by atoms with van der Waals surface area (Å²) < 4.78 is 0. The van der Waals surface area contributed by atoms with E-state index in [0.29, 0.717) is 6.42 Å². The average molecular weight is 257 g/mol. The molecule has 0 bridgehead atoms. The molecule has 2 heterocycles. The predicted molar refractivity (Wildman–Crippen MR) is 68.8 cm³/mol. The zero-order valence-corrected chi connectivity index (χ0v) is 10.4. The largest absolute Gasteiger partial charge is 0.336 e. The molecular formula is C13H11N3OS. The number of aromatic nitrogens is 1. The highest BCUT2D eigenvalue weighted by Gasteiger charge is 2.13. The molecule has 1 N–H and O–H groups in total. The molecule has 18 heavy (non-hydrogen) atoms. The third kappa shape index (κ3) is 3.15. The van der Waals surface area contributed by atoms with Gasteiger partial charge in [-0.1, -0.05) is 6.07 Å². The van der Waals surface area contributed by atoms with Crippen molar-refractivity contribution in [2.75, 3.05) is 0 Å². The third-order valence-corrected chi connectivity index (χ3v) is 3.27. The second-order valence-corrected chi connectivity index (χ2v) is 4.70. The minimum absolute atomic E-state index is 0.152. The number of carbonyl (C=O) groups excluding carboxylic acids is 1. The monoisotopic (exact) mass is 257 g/mol. The van der Waals surface area contributed by atoms with Crippen LogP contribution in [0.3, 0.4) is 0 Å². The van der Waals surface area contributed by atoms with Crippen LogP contribution in [0.15, 0.2) is 42.0 Å². The molecule has 0 radical (unpaired) electrons. The van der Waals surface area contributed by atoms with E-state index in [-0.39, 0.29) is 5.91 Å². The lowest BCUT2D eigenvalue weighted by Crippen LogP contribution is -2.28. The Kier molecular flexibility index (Phi) is 4.05. The second kappa shape index (κ2) is 5.94. The average Bonchev–Trinajstić information content (AvgIpc) is 2.90. The summed E-state index contributed by atoms with van der Waals surface area (Å²) in [6.07, 6.45) is 3.51. The third-order valence-electron chi connectivity index (χ3n) is 2.39. The van der Waals surface area contributed by atoms with Crippen LogP contribution in [-0.4, -0.2) is 10.9 Å². The van der Waals surface area contributed by atoms with Crippen LogP contribution in [0, 0.1) is 11.3 Å². The van der Waals surface area contributed by atoms with E-state index in [2.05, 4.69) is 16.4 Å². The molecule has 1 atom stereocenters. The number of nitrogens with zero attached hydrogens (tertiary/aromatic N) is 2. The zero-order chi connectivity index (χ0) is 12.8. The van der Waals surface area contributed by atoms with E-state index in [1.807, 2.05) is 17.5 Å². The number of nitrogens with one attached hydrogen (secondary N) is 1. The Bertz CT molecular complexity index is 545. The normalized spacial score (nSPS) is 11.5. The molecule has 1 amide bonds. The van der Waals surface area contributed by atoms with Crippen molar-refractivity contribution in [3.8, 4) is 6.07 Å². The zero-order valence-electron chi connectivity index (χ0n) is 9.54. The van der Waals surface area contributed by atoms with Crippen molar-refractivity contribution in [2.24, 2.45) is 0 Å². The fraction of sp³-hybridized carbons (Fsp3) is 0.154. The lowest BCUT2D eigenvalue weighted by Gasteiger charge is -2.11. The highest BCUT2D eigenvalue weighted by Crippen LogP contribution is 2.12. The van der Waals surface area contributed by atoms with Crippen LogP contribution >= 0.6 is 11.3 Å². The van der Waals surface area contributed by atoms with Crippen molar-refractivity contribution >= 4 is 17.2 Å². The van der Waals surface area contributed by atoms with E-state index >= 15 is 0 Å². The van der Waals surface area contributed by atoms with E-state index in [1.54, 1.807) is 24.5 Å². The number of pyridine rings is 1. The number of carbonyl (C=O) groups is 1. The molecule has 2 rings (SSSR count). The number of thiophene rings is 1. The van der Waals surface area contributed by atoms with Gasteiger partial charge in [0.2, 0.25) is 5.91 Å². The number of amides is 1. The molecular weight excluding hydrogens is 246 g/mol. The minimum atomic E-state index is -0.625. The number of hydrogen-bond acceptors (Lipinski definition) is 4. The van der Waals surface area contributed by atoms with Crippen molar-refractivity contribution in [1.29, 1.82) is 5.26 Å².